The van der Waals surface area contributed by atoms with Crippen molar-refractivity contribution in [2.75, 3.05) is 62.4 Å². The first-order chi connectivity index (χ1) is 24.9. The highest BCUT2D eigenvalue weighted by Crippen LogP contribution is 2.44. The zero-order chi connectivity index (χ0) is 35.9. The minimum atomic E-state index is -0.348. The normalized spacial score (nSPS) is 17.5. The van der Waals surface area contributed by atoms with Crippen LogP contribution in [0.15, 0.2) is 46.5 Å². The van der Waals surface area contributed by atoms with Crippen molar-refractivity contribution in [1.29, 1.82) is 0 Å². The van der Waals surface area contributed by atoms with Crippen LogP contribution < -0.4 is 37.9 Å². The molecule has 1 amide bonds. The molecule has 6 rings (SSSR count). The average Bonchev–Trinajstić information content (AvgIpc) is 3.84. The number of nitrogens with zero attached hydrogens (tertiary/aromatic N) is 3. The van der Waals surface area contributed by atoms with Gasteiger partial charge in [-0.05, 0) is 62.4 Å². The van der Waals surface area contributed by atoms with Gasteiger partial charge in [-0.25, -0.2) is 0 Å². The van der Waals surface area contributed by atoms with Crippen LogP contribution in [-0.2, 0) is 4.84 Å². The quantitative estimate of drug-likeness (QED) is 0.152. The summed E-state index contributed by atoms with van der Waals surface area (Å²) in [7, 11) is 9.48. The van der Waals surface area contributed by atoms with E-state index in [0.29, 0.717) is 76.9 Å². The van der Waals surface area contributed by atoms with Gasteiger partial charge in [0.1, 0.15) is 0 Å². The number of aliphatic imine (C=N–C) groups is 1. The van der Waals surface area contributed by atoms with E-state index in [0.717, 1.165) is 55.5 Å². The molecule has 0 aromatic heterocycles. The molecule has 0 N–H and O–H groups in total. The van der Waals surface area contributed by atoms with E-state index in [1.54, 1.807) is 54.8 Å². The second-order valence-electron chi connectivity index (χ2n) is 12.3. The number of benzene rings is 3. The predicted molar refractivity (Wildman–Crippen MR) is 191 cm³/mol. The molecule has 3 aliphatic rings. The number of rotatable bonds is 16. The molecule has 0 aliphatic carbocycles. The van der Waals surface area contributed by atoms with Crippen molar-refractivity contribution in [3.63, 3.8) is 0 Å². The molecule has 0 saturated carbocycles. The van der Waals surface area contributed by atoms with Gasteiger partial charge < -0.3 is 47.6 Å². The summed E-state index contributed by atoms with van der Waals surface area (Å²) in [4.78, 5) is 25.5. The van der Waals surface area contributed by atoms with Crippen LogP contribution in [0.2, 0.25) is 0 Å². The van der Waals surface area contributed by atoms with Crippen LogP contribution >= 0.6 is 0 Å². The van der Waals surface area contributed by atoms with Gasteiger partial charge >= 0.3 is 0 Å². The van der Waals surface area contributed by atoms with Crippen molar-refractivity contribution in [1.82, 2.24) is 4.90 Å². The van der Waals surface area contributed by atoms with Crippen molar-refractivity contribution < 1.29 is 47.5 Å². The zero-order valence-corrected chi connectivity index (χ0v) is 30.0. The van der Waals surface area contributed by atoms with E-state index in [1.165, 1.54) is 0 Å². The van der Waals surface area contributed by atoms with E-state index in [2.05, 4.69) is 10.1 Å². The number of hydrogen-bond acceptors (Lipinski definition) is 12. The molecule has 3 aromatic rings. The number of amides is 1. The summed E-state index contributed by atoms with van der Waals surface area (Å²) in [6.45, 7) is 1.68. The van der Waals surface area contributed by atoms with Gasteiger partial charge in [-0.2, -0.15) is 0 Å². The molecule has 3 heterocycles. The topological polar surface area (TPSA) is 128 Å². The number of methoxy groups -OCH3 is 6. The Labute approximate surface area is 298 Å². The molecule has 3 aliphatic heterocycles. The Kier molecular flexibility index (Phi) is 11.2. The SMILES string of the molecule is COc1cc2c(cc1OCCCCCOc1c(OC)cc(C3=NOC(c4cc(OC)c(OC)c(OC)c4)C3)cc1OC)N=C[C@@H]1CCCN1C2=O. The third kappa shape index (κ3) is 7.42. The third-order valence-corrected chi connectivity index (χ3v) is 9.27. The lowest BCUT2D eigenvalue weighted by atomic mass is 9.99. The summed E-state index contributed by atoms with van der Waals surface area (Å²) in [5.74, 6) is 4.26. The van der Waals surface area contributed by atoms with Crippen LogP contribution in [-0.4, -0.2) is 91.2 Å². The molecule has 13 heteroatoms. The van der Waals surface area contributed by atoms with E-state index < -0.39 is 0 Å². The van der Waals surface area contributed by atoms with Gasteiger partial charge in [0, 0.05) is 36.4 Å². The summed E-state index contributed by atoms with van der Waals surface area (Å²) < 4.78 is 45.7. The molecular formula is C38H45N3O10. The fraction of sp³-hybridized carbons (Fsp3) is 0.447. The summed E-state index contributed by atoms with van der Waals surface area (Å²) in [5.41, 5.74) is 3.53. The number of unbranched alkanes of at least 4 members (excludes halogenated alkanes) is 2. The molecule has 3 aromatic carbocycles. The highest BCUT2D eigenvalue weighted by molar-refractivity contribution is 6.04. The molecule has 0 spiro atoms. The van der Waals surface area contributed by atoms with Gasteiger partial charge in [0.2, 0.25) is 11.5 Å². The molecule has 0 bridgehead atoms. The number of fused-ring (bicyclic) bond motifs is 2. The minimum absolute atomic E-state index is 0.0137. The Bertz CT molecular complexity index is 1740. The first-order valence-electron chi connectivity index (χ1n) is 17.0. The summed E-state index contributed by atoms with van der Waals surface area (Å²) in [5, 5.41) is 4.38. The fourth-order valence-electron chi connectivity index (χ4n) is 6.56. The number of hydrogen-bond donors (Lipinski definition) is 0. The van der Waals surface area contributed by atoms with E-state index in [4.69, 9.17) is 42.7 Å². The molecule has 2 atom stereocenters. The standard InChI is InChI=1S/C38H45N3O10/c1-43-30-19-26-28(39-22-25-11-10-12-41(25)38(26)42)21-31(30)49-13-8-7-9-14-50-37-34(46-4)15-23(16-35(37)47-5)27-20-29(51-40-27)24-17-32(44-2)36(48-6)33(18-24)45-3/h15-19,21-22,25,29H,7-14,20H2,1-6H3/t25-,29?/m0/s1. The van der Waals surface area contributed by atoms with Crippen molar-refractivity contribution in [3.8, 4) is 46.0 Å². The van der Waals surface area contributed by atoms with Gasteiger partial charge in [-0.1, -0.05) is 5.16 Å². The highest BCUT2D eigenvalue weighted by Gasteiger charge is 2.33. The maximum atomic E-state index is 13.1. The molecule has 272 valence electrons. The van der Waals surface area contributed by atoms with Crippen LogP contribution in [0.1, 0.15) is 66.1 Å². The van der Waals surface area contributed by atoms with Gasteiger partial charge in [-0.15, -0.1) is 0 Å². The van der Waals surface area contributed by atoms with Gasteiger partial charge in [0.15, 0.2) is 40.6 Å². The van der Waals surface area contributed by atoms with Crippen molar-refractivity contribution in [2.45, 2.75) is 50.7 Å². The molecule has 51 heavy (non-hydrogen) atoms. The zero-order valence-electron chi connectivity index (χ0n) is 30.0. The van der Waals surface area contributed by atoms with E-state index in [9.17, 15) is 4.79 Å². The molecule has 1 unspecified atom stereocenters. The third-order valence-electron chi connectivity index (χ3n) is 9.27. The van der Waals surface area contributed by atoms with Crippen molar-refractivity contribution in [2.24, 2.45) is 10.1 Å². The Morgan fingerprint density at radius 1 is 0.725 bits per heavy atom. The highest BCUT2D eigenvalue weighted by atomic mass is 16.6. The Morgan fingerprint density at radius 3 is 2.02 bits per heavy atom. The van der Waals surface area contributed by atoms with Crippen molar-refractivity contribution in [3.05, 3.63) is 53.1 Å². The lowest BCUT2D eigenvalue weighted by Gasteiger charge is -2.20. The van der Waals surface area contributed by atoms with Crippen LogP contribution in [0, 0.1) is 0 Å². The Hall–Kier alpha value is -5.33. The summed E-state index contributed by atoms with van der Waals surface area (Å²) in [6, 6.07) is 11.1. The maximum Gasteiger partial charge on any atom is 0.256 e. The average molecular weight is 704 g/mol. The predicted octanol–water partition coefficient (Wildman–Crippen LogP) is 6.55. The van der Waals surface area contributed by atoms with Crippen LogP contribution in [0.25, 0.3) is 0 Å². The Morgan fingerprint density at radius 2 is 1.37 bits per heavy atom. The van der Waals surface area contributed by atoms with Gasteiger partial charge in [-0.3, -0.25) is 9.79 Å². The lowest BCUT2D eigenvalue weighted by molar-refractivity contribution is 0.0774. The minimum Gasteiger partial charge on any atom is -0.493 e. The first kappa shape index (κ1) is 35.5. The molecule has 1 saturated heterocycles. The van der Waals surface area contributed by atoms with E-state index >= 15 is 0 Å². The van der Waals surface area contributed by atoms with Gasteiger partial charge in [0.05, 0.1) is 78.9 Å². The molecule has 13 nitrogen and oxygen atoms in total. The number of oxime groups is 1. The van der Waals surface area contributed by atoms with Crippen LogP contribution in [0.3, 0.4) is 0 Å². The first-order valence-corrected chi connectivity index (χ1v) is 17.0. The van der Waals surface area contributed by atoms with Crippen LogP contribution in [0.4, 0.5) is 5.69 Å². The smallest absolute Gasteiger partial charge is 0.256 e. The molecular weight excluding hydrogens is 658 g/mol. The largest absolute Gasteiger partial charge is 0.493 e. The van der Waals surface area contributed by atoms with Crippen molar-refractivity contribution >= 4 is 23.5 Å². The second-order valence-corrected chi connectivity index (χ2v) is 12.3. The second kappa shape index (κ2) is 16.1. The lowest BCUT2D eigenvalue weighted by Crippen LogP contribution is -2.35. The maximum absolute atomic E-state index is 13.1. The molecule has 0 radical (unpaired) electrons. The van der Waals surface area contributed by atoms with E-state index in [-0.39, 0.29) is 18.1 Å². The monoisotopic (exact) mass is 703 g/mol. The van der Waals surface area contributed by atoms with E-state index in [1.807, 2.05) is 35.4 Å². The summed E-state index contributed by atoms with van der Waals surface area (Å²) in [6.07, 6.45) is 6.39. The Balaban J connectivity index is 1.02. The molecule has 1 fully saturated rings. The summed E-state index contributed by atoms with van der Waals surface area (Å²) >= 11 is 0. The number of carbonyl (C=O) groups excluding carboxylic acids is 1. The number of ether oxygens (including phenoxy) is 8. The number of carbonyl (C=O) groups is 1. The van der Waals surface area contributed by atoms with Crippen LogP contribution in [0.5, 0.6) is 46.0 Å². The fourth-order valence-corrected chi connectivity index (χ4v) is 6.56. The van der Waals surface area contributed by atoms with Gasteiger partial charge in [0.25, 0.3) is 5.91 Å².